The van der Waals surface area contributed by atoms with Gasteiger partial charge in [-0.2, -0.15) is 0 Å². The maximum Gasteiger partial charge on any atom is 0.241 e. The quantitative estimate of drug-likeness (QED) is 0.539. The van der Waals surface area contributed by atoms with Crippen LogP contribution in [0.15, 0.2) is 23.1 Å². The molecule has 0 heterocycles. The van der Waals surface area contributed by atoms with Crippen LogP contribution < -0.4 is 10.5 Å². The zero-order chi connectivity index (χ0) is 15.4. The number of aliphatic hydroxyl groups is 2. The van der Waals surface area contributed by atoms with E-state index in [1.54, 1.807) is 13.0 Å². The molecule has 0 unspecified atom stereocenters. The zero-order valence-corrected chi connectivity index (χ0v) is 12.6. The van der Waals surface area contributed by atoms with Gasteiger partial charge in [0, 0.05) is 5.69 Å². The van der Waals surface area contributed by atoms with Crippen LogP contribution in [0, 0.1) is 0 Å². The molecule has 0 atom stereocenters. The highest BCUT2D eigenvalue weighted by molar-refractivity contribution is 7.89. The topological polar surface area (TPSA) is 113 Å². The molecule has 114 valence electrons. The average molecular weight is 302 g/mol. The maximum atomic E-state index is 12.3. The van der Waals surface area contributed by atoms with E-state index in [2.05, 4.69) is 4.72 Å². The molecule has 7 heteroatoms. The van der Waals surface area contributed by atoms with Gasteiger partial charge in [0.05, 0.1) is 23.6 Å². The van der Waals surface area contributed by atoms with E-state index in [4.69, 9.17) is 5.73 Å². The number of benzene rings is 1. The molecule has 0 aliphatic carbocycles. The van der Waals surface area contributed by atoms with E-state index in [-0.39, 0.29) is 11.3 Å². The van der Waals surface area contributed by atoms with Crippen molar-refractivity contribution in [3.63, 3.8) is 0 Å². The largest absolute Gasteiger partial charge is 0.398 e. The fourth-order valence-electron chi connectivity index (χ4n) is 1.82. The summed E-state index contributed by atoms with van der Waals surface area (Å²) in [6, 6.07) is 4.51. The predicted octanol–water partition coefficient (Wildman–Crippen LogP) is 0.243. The number of sulfonamides is 1. The summed E-state index contributed by atoms with van der Waals surface area (Å²) >= 11 is 0. The molecule has 1 aromatic carbocycles. The molecule has 0 saturated heterocycles. The van der Waals surface area contributed by atoms with Gasteiger partial charge in [0.25, 0.3) is 0 Å². The monoisotopic (exact) mass is 302 g/mol. The number of nitrogens with one attached hydrogen (secondary N) is 1. The predicted molar refractivity (Wildman–Crippen MR) is 77.7 cm³/mol. The van der Waals surface area contributed by atoms with Crippen molar-refractivity contribution in [2.45, 2.75) is 37.1 Å². The first kappa shape index (κ1) is 16.9. The van der Waals surface area contributed by atoms with Crippen molar-refractivity contribution in [1.29, 1.82) is 0 Å². The highest BCUT2D eigenvalue weighted by Crippen LogP contribution is 2.21. The normalized spacial score (nSPS) is 12.6. The van der Waals surface area contributed by atoms with Gasteiger partial charge in [0.15, 0.2) is 0 Å². The fraction of sp³-hybridized carbons (Fsp3) is 0.538. The van der Waals surface area contributed by atoms with Crippen LogP contribution in [-0.2, 0) is 16.4 Å². The third-order valence-corrected chi connectivity index (χ3v) is 5.02. The lowest BCUT2D eigenvalue weighted by Gasteiger charge is -2.29. The molecule has 0 amide bonds. The standard InChI is InChI=1S/C13H22N2O4S/c1-3-10-5-6-11(7-12(10)14)20(18,19)15-13(4-2,8-16)9-17/h5-7,15-17H,3-4,8-9,14H2,1-2H3. The molecule has 1 aromatic rings. The van der Waals surface area contributed by atoms with Gasteiger partial charge >= 0.3 is 0 Å². The smallest absolute Gasteiger partial charge is 0.241 e. The van der Waals surface area contributed by atoms with E-state index in [0.717, 1.165) is 5.56 Å². The molecule has 0 saturated carbocycles. The minimum Gasteiger partial charge on any atom is -0.398 e. The number of aliphatic hydroxyl groups excluding tert-OH is 2. The lowest BCUT2D eigenvalue weighted by atomic mass is 10.0. The van der Waals surface area contributed by atoms with Crippen LogP contribution in [0.5, 0.6) is 0 Å². The maximum absolute atomic E-state index is 12.3. The summed E-state index contributed by atoms with van der Waals surface area (Å²) in [7, 11) is -3.85. The van der Waals surface area contributed by atoms with Crippen LogP contribution in [0.1, 0.15) is 25.8 Å². The second-order valence-corrected chi connectivity index (χ2v) is 6.45. The highest BCUT2D eigenvalue weighted by atomic mass is 32.2. The van der Waals surface area contributed by atoms with E-state index in [1.165, 1.54) is 12.1 Å². The van der Waals surface area contributed by atoms with E-state index in [0.29, 0.717) is 12.1 Å². The average Bonchev–Trinajstić information content (AvgIpc) is 2.44. The number of hydrogen-bond acceptors (Lipinski definition) is 5. The molecular weight excluding hydrogens is 280 g/mol. The lowest BCUT2D eigenvalue weighted by Crippen LogP contribution is -2.53. The second-order valence-electron chi connectivity index (χ2n) is 4.77. The first-order chi connectivity index (χ1) is 9.34. The summed E-state index contributed by atoms with van der Waals surface area (Å²) in [5, 5.41) is 18.6. The number of hydrogen-bond donors (Lipinski definition) is 4. The molecule has 0 spiro atoms. The van der Waals surface area contributed by atoms with Gasteiger partial charge in [0.2, 0.25) is 10.0 Å². The summed E-state index contributed by atoms with van der Waals surface area (Å²) in [5.74, 6) is 0. The van der Waals surface area contributed by atoms with Gasteiger partial charge in [-0.25, -0.2) is 13.1 Å². The first-order valence-electron chi connectivity index (χ1n) is 6.48. The Bertz CT molecular complexity index is 545. The molecule has 0 aliphatic rings. The molecule has 0 aliphatic heterocycles. The van der Waals surface area contributed by atoms with Crippen LogP contribution in [0.2, 0.25) is 0 Å². The third-order valence-electron chi connectivity index (χ3n) is 3.44. The van der Waals surface area contributed by atoms with Gasteiger partial charge in [-0.1, -0.05) is 19.9 Å². The minimum absolute atomic E-state index is 0.0203. The number of aryl methyl sites for hydroxylation is 1. The fourth-order valence-corrected chi connectivity index (χ4v) is 3.31. The van der Waals surface area contributed by atoms with E-state index in [1.807, 2.05) is 6.92 Å². The van der Waals surface area contributed by atoms with E-state index in [9.17, 15) is 18.6 Å². The first-order valence-corrected chi connectivity index (χ1v) is 7.96. The molecule has 20 heavy (non-hydrogen) atoms. The number of nitrogens with two attached hydrogens (primary N) is 1. The van der Waals surface area contributed by atoms with Crippen molar-refractivity contribution in [2.24, 2.45) is 0 Å². The van der Waals surface area contributed by atoms with Gasteiger partial charge in [-0.05, 0) is 30.5 Å². The Balaban J connectivity index is 3.14. The van der Waals surface area contributed by atoms with E-state index >= 15 is 0 Å². The Kier molecular flexibility index (Phi) is 5.52. The Hall–Kier alpha value is -1.15. The molecule has 0 radical (unpaired) electrons. The summed E-state index contributed by atoms with van der Waals surface area (Å²) in [5.41, 5.74) is 5.81. The third kappa shape index (κ3) is 3.49. The van der Waals surface area contributed by atoms with Crippen LogP contribution in [0.25, 0.3) is 0 Å². The van der Waals surface area contributed by atoms with Crippen LogP contribution >= 0.6 is 0 Å². The van der Waals surface area contributed by atoms with Crippen molar-refractivity contribution < 1.29 is 18.6 Å². The number of rotatable bonds is 7. The molecule has 0 bridgehead atoms. The van der Waals surface area contributed by atoms with Crippen molar-refractivity contribution in [3.8, 4) is 0 Å². The Morgan fingerprint density at radius 2 is 1.85 bits per heavy atom. The van der Waals surface area contributed by atoms with Crippen molar-refractivity contribution >= 4 is 15.7 Å². The van der Waals surface area contributed by atoms with Gasteiger partial charge in [0.1, 0.15) is 0 Å². The van der Waals surface area contributed by atoms with E-state index < -0.39 is 28.8 Å². The van der Waals surface area contributed by atoms with Crippen molar-refractivity contribution in [1.82, 2.24) is 4.72 Å². The molecular formula is C13H22N2O4S. The van der Waals surface area contributed by atoms with Crippen molar-refractivity contribution in [3.05, 3.63) is 23.8 Å². The lowest BCUT2D eigenvalue weighted by molar-refractivity contribution is 0.105. The van der Waals surface area contributed by atoms with Crippen LogP contribution in [0.4, 0.5) is 5.69 Å². The zero-order valence-electron chi connectivity index (χ0n) is 11.8. The molecule has 5 N–H and O–H groups in total. The highest BCUT2D eigenvalue weighted by Gasteiger charge is 2.32. The number of anilines is 1. The Labute approximate surface area is 119 Å². The molecule has 1 rings (SSSR count). The number of nitrogen functional groups attached to an aromatic ring is 1. The van der Waals surface area contributed by atoms with Gasteiger partial charge < -0.3 is 15.9 Å². The summed E-state index contributed by atoms with van der Waals surface area (Å²) in [4.78, 5) is 0.0203. The van der Waals surface area contributed by atoms with Gasteiger partial charge in [-0.15, -0.1) is 0 Å². The van der Waals surface area contributed by atoms with Crippen LogP contribution in [-0.4, -0.2) is 37.4 Å². The Morgan fingerprint density at radius 1 is 1.25 bits per heavy atom. The summed E-state index contributed by atoms with van der Waals surface area (Å²) in [6.07, 6.45) is 0.980. The van der Waals surface area contributed by atoms with Gasteiger partial charge in [-0.3, -0.25) is 0 Å². The molecule has 0 aromatic heterocycles. The molecule has 6 nitrogen and oxygen atoms in total. The minimum atomic E-state index is -3.85. The summed E-state index contributed by atoms with van der Waals surface area (Å²) in [6.45, 7) is 2.64. The van der Waals surface area contributed by atoms with Crippen LogP contribution in [0.3, 0.4) is 0 Å². The second kappa shape index (κ2) is 6.53. The van der Waals surface area contributed by atoms with Crippen molar-refractivity contribution in [2.75, 3.05) is 18.9 Å². The Morgan fingerprint density at radius 3 is 2.25 bits per heavy atom. The summed E-state index contributed by atoms with van der Waals surface area (Å²) < 4.78 is 26.9. The molecule has 0 fully saturated rings. The SMILES string of the molecule is CCc1ccc(S(=O)(=O)NC(CC)(CO)CO)cc1N.